The van der Waals surface area contributed by atoms with Gasteiger partial charge in [0.15, 0.2) is 0 Å². The van der Waals surface area contributed by atoms with Crippen LogP contribution in [0.3, 0.4) is 0 Å². The Kier molecular flexibility index (Phi) is 4.15. The first-order chi connectivity index (χ1) is 8.88. The Morgan fingerprint density at radius 1 is 1.32 bits per heavy atom. The summed E-state index contributed by atoms with van der Waals surface area (Å²) >= 11 is 7.32. The van der Waals surface area contributed by atoms with Crippen LogP contribution in [0.4, 0.5) is 5.69 Å². The van der Waals surface area contributed by atoms with Crippen molar-refractivity contribution in [3.05, 3.63) is 45.1 Å². The summed E-state index contributed by atoms with van der Waals surface area (Å²) in [5.74, 6) is 0. The standard InChI is InChI=1S/C12H13ClN2O2S2/c1-8-2-3-9(18-8)7-15-19(16,17)10-4-5-11(13)12(14)6-10/h2-6,15H,7,14H2,1H3. The topological polar surface area (TPSA) is 72.2 Å². The largest absolute Gasteiger partial charge is 0.397 e. The third kappa shape index (κ3) is 3.48. The van der Waals surface area contributed by atoms with Gasteiger partial charge in [-0.3, -0.25) is 0 Å². The van der Waals surface area contributed by atoms with Crippen LogP contribution in [0.1, 0.15) is 9.75 Å². The lowest BCUT2D eigenvalue weighted by atomic mass is 10.3. The molecule has 3 N–H and O–H groups in total. The molecule has 19 heavy (non-hydrogen) atoms. The first-order valence-electron chi connectivity index (χ1n) is 5.48. The number of halogens is 1. The molecule has 1 aromatic carbocycles. The molecule has 2 aromatic rings. The zero-order valence-corrected chi connectivity index (χ0v) is 12.6. The molecule has 0 saturated heterocycles. The van der Waals surface area contributed by atoms with Crippen molar-refractivity contribution >= 4 is 38.6 Å². The molecular formula is C12H13ClN2O2S2. The summed E-state index contributed by atoms with van der Waals surface area (Å²) in [4.78, 5) is 2.22. The smallest absolute Gasteiger partial charge is 0.240 e. The van der Waals surface area contributed by atoms with Gasteiger partial charge in [-0.1, -0.05) is 11.6 Å². The van der Waals surface area contributed by atoms with E-state index in [0.717, 1.165) is 9.75 Å². The molecule has 0 aliphatic carbocycles. The molecule has 102 valence electrons. The van der Waals surface area contributed by atoms with Crippen molar-refractivity contribution < 1.29 is 8.42 Å². The van der Waals surface area contributed by atoms with Crippen LogP contribution in [0.5, 0.6) is 0 Å². The monoisotopic (exact) mass is 316 g/mol. The second kappa shape index (κ2) is 5.50. The highest BCUT2D eigenvalue weighted by Crippen LogP contribution is 2.22. The van der Waals surface area contributed by atoms with E-state index in [1.165, 1.54) is 18.2 Å². The van der Waals surface area contributed by atoms with Gasteiger partial charge in [0.2, 0.25) is 10.0 Å². The van der Waals surface area contributed by atoms with Crippen molar-refractivity contribution in [1.29, 1.82) is 0 Å². The van der Waals surface area contributed by atoms with Crippen molar-refractivity contribution in [2.24, 2.45) is 0 Å². The number of benzene rings is 1. The summed E-state index contributed by atoms with van der Waals surface area (Å²) in [6.07, 6.45) is 0. The first-order valence-corrected chi connectivity index (χ1v) is 8.16. The van der Waals surface area contributed by atoms with Gasteiger partial charge in [-0.2, -0.15) is 0 Å². The lowest BCUT2D eigenvalue weighted by Crippen LogP contribution is -2.22. The van der Waals surface area contributed by atoms with Gasteiger partial charge in [0, 0.05) is 16.3 Å². The van der Waals surface area contributed by atoms with Crippen molar-refractivity contribution in [1.82, 2.24) is 4.72 Å². The number of aryl methyl sites for hydroxylation is 1. The van der Waals surface area contributed by atoms with Crippen LogP contribution >= 0.6 is 22.9 Å². The maximum atomic E-state index is 12.1. The van der Waals surface area contributed by atoms with E-state index >= 15 is 0 Å². The van der Waals surface area contributed by atoms with E-state index in [1.807, 2.05) is 19.1 Å². The molecule has 0 bridgehead atoms. The molecule has 4 nitrogen and oxygen atoms in total. The van der Waals surface area contributed by atoms with Crippen LogP contribution in [-0.4, -0.2) is 8.42 Å². The lowest BCUT2D eigenvalue weighted by Gasteiger charge is -2.07. The molecule has 2 rings (SSSR count). The van der Waals surface area contributed by atoms with E-state index < -0.39 is 10.0 Å². The lowest BCUT2D eigenvalue weighted by molar-refractivity contribution is 0.582. The van der Waals surface area contributed by atoms with Crippen LogP contribution in [0.15, 0.2) is 35.2 Å². The van der Waals surface area contributed by atoms with E-state index in [4.69, 9.17) is 17.3 Å². The van der Waals surface area contributed by atoms with Crippen molar-refractivity contribution in [2.45, 2.75) is 18.4 Å². The van der Waals surface area contributed by atoms with E-state index in [9.17, 15) is 8.42 Å². The fraction of sp³-hybridized carbons (Fsp3) is 0.167. The molecule has 0 radical (unpaired) electrons. The summed E-state index contributed by atoms with van der Waals surface area (Å²) in [6, 6.07) is 8.11. The Bertz CT molecular complexity index is 696. The van der Waals surface area contributed by atoms with Crippen molar-refractivity contribution in [3.8, 4) is 0 Å². The molecule has 0 fully saturated rings. The average Bonchev–Trinajstić information content (AvgIpc) is 2.76. The fourth-order valence-corrected chi connectivity index (χ4v) is 3.60. The normalized spacial score (nSPS) is 11.7. The van der Waals surface area contributed by atoms with Gasteiger partial charge < -0.3 is 5.73 Å². The Balaban J connectivity index is 2.16. The average molecular weight is 317 g/mol. The first kappa shape index (κ1) is 14.3. The third-order valence-corrected chi connectivity index (χ3v) is 5.25. The van der Waals surface area contributed by atoms with E-state index in [-0.39, 0.29) is 17.1 Å². The van der Waals surface area contributed by atoms with E-state index in [0.29, 0.717) is 5.02 Å². The highest BCUT2D eigenvalue weighted by Gasteiger charge is 2.15. The molecule has 0 amide bonds. The van der Waals surface area contributed by atoms with Crippen molar-refractivity contribution in [2.75, 3.05) is 5.73 Å². The number of rotatable bonds is 4. The van der Waals surface area contributed by atoms with Crippen LogP contribution in [0, 0.1) is 6.92 Å². The minimum Gasteiger partial charge on any atom is -0.397 e. The van der Waals surface area contributed by atoms with Crippen LogP contribution in [-0.2, 0) is 16.6 Å². The molecule has 7 heteroatoms. The Morgan fingerprint density at radius 2 is 2.05 bits per heavy atom. The number of anilines is 1. The zero-order valence-electron chi connectivity index (χ0n) is 10.2. The Hall–Kier alpha value is -1.08. The van der Waals surface area contributed by atoms with E-state index in [2.05, 4.69) is 4.72 Å². The zero-order chi connectivity index (χ0) is 14.0. The second-order valence-electron chi connectivity index (χ2n) is 4.02. The van der Waals surface area contributed by atoms with Gasteiger partial charge in [0.25, 0.3) is 0 Å². The number of thiophene rings is 1. The van der Waals surface area contributed by atoms with Gasteiger partial charge >= 0.3 is 0 Å². The summed E-state index contributed by atoms with van der Waals surface area (Å²) in [7, 11) is -3.57. The van der Waals surface area contributed by atoms with Gasteiger partial charge in [-0.15, -0.1) is 11.3 Å². The molecule has 0 unspecified atom stereocenters. The second-order valence-corrected chi connectivity index (χ2v) is 7.57. The van der Waals surface area contributed by atoms with Crippen LogP contribution in [0.25, 0.3) is 0 Å². The van der Waals surface area contributed by atoms with Gasteiger partial charge in [-0.05, 0) is 37.3 Å². The molecule has 0 atom stereocenters. The number of sulfonamides is 1. The molecule has 0 saturated carbocycles. The quantitative estimate of drug-likeness (QED) is 0.852. The minimum atomic E-state index is -3.57. The van der Waals surface area contributed by atoms with Gasteiger partial charge in [-0.25, -0.2) is 13.1 Å². The summed E-state index contributed by atoms with van der Waals surface area (Å²) in [5, 5.41) is 0.341. The van der Waals surface area contributed by atoms with Crippen LogP contribution in [0.2, 0.25) is 5.02 Å². The molecule has 1 heterocycles. The molecule has 1 aromatic heterocycles. The Morgan fingerprint density at radius 3 is 2.63 bits per heavy atom. The third-order valence-electron chi connectivity index (χ3n) is 2.51. The van der Waals surface area contributed by atoms with E-state index in [1.54, 1.807) is 11.3 Å². The Labute approximate surface area is 121 Å². The summed E-state index contributed by atoms with van der Waals surface area (Å²) in [6.45, 7) is 2.24. The highest BCUT2D eigenvalue weighted by atomic mass is 35.5. The summed E-state index contributed by atoms with van der Waals surface area (Å²) < 4.78 is 26.7. The molecule has 0 spiro atoms. The number of hydrogen-bond donors (Lipinski definition) is 2. The number of nitrogens with one attached hydrogen (secondary N) is 1. The SMILES string of the molecule is Cc1ccc(CNS(=O)(=O)c2ccc(Cl)c(N)c2)s1. The number of nitrogen functional groups attached to an aromatic ring is 1. The minimum absolute atomic E-state index is 0.114. The predicted molar refractivity (Wildman–Crippen MR) is 78.9 cm³/mol. The highest BCUT2D eigenvalue weighted by molar-refractivity contribution is 7.89. The van der Waals surface area contributed by atoms with Crippen LogP contribution < -0.4 is 10.5 Å². The van der Waals surface area contributed by atoms with Crippen molar-refractivity contribution in [3.63, 3.8) is 0 Å². The van der Waals surface area contributed by atoms with Gasteiger partial charge in [0.05, 0.1) is 15.6 Å². The summed E-state index contributed by atoms with van der Waals surface area (Å²) in [5.41, 5.74) is 5.85. The molecule has 0 aliphatic heterocycles. The number of nitrogens with two attached hydrogens (primary N) is 1. The van der Waals surface area contributed by atoms with Gasteiger partial charge in [0.1, 0.15) is 0 Å². The fourth-order valence-electron chi connectivity index (χ4n) is 1.52. The maximum absolute atomic E-state index is 12.1. The predicted octanol–water partition coefficient (Wildman–Crippen LogP) is 2.77. The molecule has 0 aliphatic rings. The molecular weight excluding hydrogens is 304 g/mol. The maximum Gasteiger partial charge on any atom is 0.240 e. The number of hydrogen-bond acceptors (Lipinski definition) is 4.